The maximum absolute atomic E-state index is 10.9. The van der Waals surface area contributed by atoms with Crippen LogP contribution in [0, 0.1) is 6.61 Å². The molecule has 0 aliphatic rings. The number of anilines is 1. The Morgan fingerprint density at radius 2 is 2.38 bits per heavy atom. The van der Waals surface area contributed by atoms with E-state index < -0.39 is 6.09 Å². The van der Waals surface area contributed by atoms with Crippen molar-refractivity contribution in [3.8, 4) is 0 Å². The molecule has 0 aliphatic heterocycles. The summed E-state index contributed by atoms with van der Waals surface area (Å²) in [4.78, 5) is 10.9. The molecule has 0 fully saturated rings. The van der Waals surface area contributed by atoms with E-state index in [0.29, 0.717) is 5.69 Å². The van der Waals surface area contributed by atoms with Gasteiger partial charge in [-0.05, 0) is 25.1 Å². The molecule has 3 nitrogen and oxygen atoms in total. The van der Waals surface area contributed by atoms with E-state index >= 15 is 0 Å². The lowest BCUT2D eigenvalue weighted by atomic mass is 10.3. The number of amides is 1. The Balaban J connectivity index is 2.58. The maximum atomic E-state index is 10.9. The minimum absolute atomic E-state index is 0.486. The molecule has 1 aromatic rings. The van der Waals surface area contributed by atoms with E-state index in [0.717, 1.165) is 4.47 Å². The lowest BCUT2D eigenvalue weighted by Crippen LogP contribution is -2.11. The summed E-state index contributed by atoms with van der Waals surface area (Å²) >= 11 is 3.29. The van der Waals surface area contributed by atoms with Crippen LogP contribution in [0.5, 0.6) is 0 Å². The number of halogens is 1. The minimum Gasteiger partial charge on any atom is -0.442 e. The third kappa shape index (κ3) is 3.46. The van der Waals surface area contributed by atoms with Crippen LogP contribution in [-0.4, -0.2) is 6.09 Å². The van der Waals surface area contributed by atoms with Crippen molar-refractivity contribution < 1.29 is 9.53 Å². The van der Waals surface area contributed by atoms with Gasteiger partial charge < -0.3 is 4.74 Å². The molecule has 1 radical (unpaired) electrons. The number of ether oxygens (including phenoxy) is 1. The minimum atomic E-state index is -0.486. The maximum Gasteiger partial charge on any atom is 0.412 e. The highest BCUT2D eigenvalue weighted by molar-refractivity contribution is 9.10. The smallest absolute Gasteiger partial charge is 0.412 e. The van der Waals surface area contributed by atoms with Crippen LogP contribution in [-0.2, 0) is 4.74 Å². The summed E-state index contributed by atoms with van der Waals surface area (Å²) < 4.78 is 5.50. The summed E-state index contributed by atoms with van der Waals surface area (Å²) in [6.07, 6.45) is -0.486. The summed E-state index contributed by atoms with van der Waals surface area (Å²) in [7, 11) is 0. The largest absolute Gasteiger partial charge is 0.442 e. The molecule has 0 unspecified atom stereocenters. The van der Waals surface area contributed by atoms with Crippen LogP contribution in [0.4, 0.5) is 10.5 Å². The molecule has 0 atom stereocenters. The lowest BCUT2D eigenvalue weighted by Gasteiger charge is -2.04. The van der Waals surface area contributed by atoms with Gasteiger partial charge >= 0.3 is 6.09 Å². The molecule has 1 N–H and O–H groups in total. The average Bonchev–Trinajstić information content (AvgIpc) is 2.04. The molecular formula is C9H9BrNO2. The van der Waals surface area contributed by atoms with Crippen LogP contribution in [0.15, 0.2) is 28.7 Å². The fourth-order valence-electron chi connectivity index (χ4n) is 0.821. The molecule has 0 aliphatic carbocycles. The van der Waals surface area contributed by atoms with Crippen molar-refractivity contribution in [3.63, 3.8) is 0 Å². The first-order chi connectivity index (χ1) is 6.22. The van der Waals surface area contributed by atoms with E-state index in [1.807, 2.05) is 12.1 Å². The Labute approximate surface area is 85.2 Å². The van der Waals surface area contributed by atoms with Crippen LogP contribution in [0.2, 0.25) is 0 Å². The van der Waals surface area contributed by atoms with E-state index in [1.165, 1.54) is 6.61 Å². The van der Waals surface area contributed by atoms with Gasteiger partial charge in [0.25, 0.3) is 0 Å². The van der Waals surface area contributed by atoms with Gasteiger partial charge in [-0.2, -0.15) is 0 Å². The Kier molecular flexibility index (Phi) is 3.76. The molecule has 13 heavy (non-hydrogen) atoms. The van der Waals surface area contributed by atoms with Crippen LogP contribution in [0.1, 0.15) is 6.92 Å². The van der Waals surface area contributed by atoms with Gasteiger partial charge in [0.05, 0.1) is 0 Å². The second-order valence-corrected chi connectivity index (χ2v) is 3.19. The first-order valence-electron chi connectivity index (χ1n) is 3.73. The molecule has 0 bridgehead atoms. The van der Waals surface area contributed by atoms with Gasteiger partial charge in [-0.15, -0.1) is 0 Å². The highest BCUT2D eigenvalue weighted by Gasteiger charge is 2.00. The number of hydrogen-bond donors (Lipinski definition) is 1. The van der Waals surface area contributed by atoms with E-state index in [4.69, 9.17) is 0 Å². The molecule has 0 heterocycles. The van der Waals surface area contributed by atoms with Crippen LogP contribution < -0.4 is 5.32 Å². The van der Waals surface area contributed by atoms with Gasteiger partial charge in [0, 0.05) is 10.2 Å². The summed E-state index contributed by atoms with van der Waals surface area (Å²) in [5.74, 6) is 0. The second-order valence-electron chi connectivity index (χ2n) is 2.28. The van der Waals surface area contributed by atoms with Gasteiger partial charge in [0.15, 0.2) is 0 Å². The molecule has 0 saturated heterocycles. The van der Waals surface area contributed by atoms with Crippen molar-refractivity contribution >= 4 is 27.7 Å². The average molecular weight is 243 g/mol. The number of carbonyl (C=O) groups is 1. The SMILES string of the molecule is C[CH]OC(=O)Nc1cccc(Br)c1. The quantitative estimate of drug-likeness (QED) is 0.866. The van der Waals surface area contributed by atoms with E-state index in [1.54, 1.807) is 19.1 Å². The highest BCUT2D eigenvalue weighted by atomic mass is 79.9. The monoisotopic (exact) mass is 242 g/mol. The molecule has 4 heteroatoms. The Hall–Kier alpha value is -1.03. The standard InChI is InChI=1S/C9H9BrNO2/c1-2-13-9(12)11-8-5-3-4-7(10)6-8/h2-6H,1H3,(H,11,12). The third-order valence-corrected chi connectivity index (χ3v) is 1.79. The number of nitrogens with one attached hydrogen (secondary N) is 1. The fourth-order valence-corrected chi connectivity index (χ4v) is 1.22. The second kappa shape index (κ2) is 4.87. The predicted molar refractivity (Wildman–Crippen MR) is 54.2 cm³/mol. The van der Waals surface area contributed by atoms with Gasteiger partial charge in [0.2, 0.25) is 0 Å². The zero-order valence-electron chi connectivity index (χ0n) is 7.08. The number of rotatable bonds is 2. The molecule has 0 saturated carbocycles. The van der Waals surface area contributed by atoms with E-state index in [2.05, 4.69) is 26.0 Å². The third-order valence-electron chi connectivity index (χ3n) is 1.30. The molecule has 1 aromatic carbocycles. The van der Waals surface area contributed by atoms with Crippen LogP contribution in [0.3, 0.4) is 0 Å². The Bertz CT molecular complexity index is 301. The van der Waals surface area contributed by atoms with Crippen molar-refractivity contribution in [2.24, 2.45) is 0 Å². The number of carbonyl (C=O) groups excluding carboxylic acids is 1. The normalized spacial score (nSPS) is 9.38. The molecule has 0 spiro atoms. The lowest BCUT2D eigenvalue weighted by molar-refractivity contribution is 0.189. The van der Waals surface area contributed by atoms with Crippen molar-refractivity contribution in [2.75, 3.05) is 5.32 Å². The van der Waals surface area contributed by atoms with E-state index in [9.17, 15) is 4.79 Å². The van der Waals surface area contributed by atoms with Crippen molar-refractivity contribution in [3.05, 3.63) is 35.3 Å². The van der Waals surface area contributed by atoms with Crippen molar-refractivity contribution in [1.29, 1.82) is 0 Å². The number of hydrogen-bond acceptors (Lipinski definition) is 2. The van der Waals surface area contributed by atoms with Gasteiger partial charge in [-0.25, -0.2) is 4.79 Å². The van der Waals surface area contributed by atoms with Gasteiger partial charge in [-0.3, -0.25) is 5.32 Å². The van der Waals surface area contributed by atoms with Crippen molar-refractivity contribution in [1.82, 2.24) is 0 Å². The summed E-state index contributed by atoms with van der Waals surface area (Å²) in [5, 5.41) is 2.56. The Morgan fingerprint density at radius 3 is 3.00 bits per heavy atom. The first-order valence-corrected chi connectivity index (χ1v) is 4.52. The molecule has 1 rings (SSSR count). The van der Waals surface area contributed by atoms with Crippen LogP contribution in [0.25, 0.3) is 0 Å². The molecule has 1 amide bonds. The zero-order chi connectivity index (χ0) is 9.68. The predicted octanol–water partition coefficient (Wildman–Crippen LogP) is 3.18. The highest BCUT2D eigenvalue weighted by Crippen LogP contribution is 2.15. The first kappa shape index (κ1) is 10.1. The summed E-state index contributed by atoms with van der Waals surface area (Å²) in [6.45, 7) is 2.97. The van der Waals surface area contributed by atoms with Gasteiger partial charge in [-0.1, -0.05) is 22.0 Å². The van der Waals surface area contributed by atoms with E-state index in [-0.39, 0.29) is 0 Å². The Morgan fingerprint density at radius 1 is 1.62 bits per heavy atom. The van der Waals surface area contributed by atoms with Crippen molar-refractivity contribution in [2.45, 2.75) is 6.92 Å². The van der Waals surface area contributed by atoms with Gasteiger partial charge in [0.1, 0.15) is 6.61 Å². The summed E-state index contributed by atoms with van der Waals surface area (Å²) in [6, 6.07) is 7.27. The summed E-state index contributed by atoms with van der Waals surface area (Å²) in [5.41, 5.74) is 0.696. The molecule has 69 valence electrons. The molecule has 0 aromatic heterocycles. The number of benzene rings is 1. The fraction of sp³-hybridized carbons (Fsp3) is 0.111. The topological polar surface area (TPSA) is 38.3 Å². The zero-order valence-corrected chi connectivity index (χ0v) is 8.67. The molecular weight excluding hydrogens is 234 g/mol. The van der Waals surface area contributed by atoms with Crippen LogP contribution >= 0.6 is 15.9 Å².